The van der Waals surface area contributed by atoms with Crippen molar-refractivity contribution in [2.24, 2.45) is 5.16 Å². The smallest absolute Gasteiger partial charge is 0.406 e. The summed E-state index contributed by atoms with van der Waals surface area (Å²) in [5.41, 5.74) is 2.88. The molecule has 0 aromatic heterocycles. The van der Waals surface area contributed by atoms with Crippen LogP contribution in [0.1, 0.15) is 61.5 Å². The Morgan fingerprint density at radius 3 is 2.23 bits per heavy atom. The van der Waals surface area contributed by atoms with Crippen molar-refractivity contribution in [1.29, 1.82) is 0 Å². The normalized spacial score (nSPS) is 18.0. The van der Waals surface area contributed by atoms with E-state index in [1.54, 1.807) is 18.2 Å². The molecule has 1 saturated heterocycles. The summed E-state index contributed by atoms with van der Waals surface area (Å²) in [7, 11) is 0. The third-order valence-corrected chi connectivity index (χ3v) is 6.44. The molecule has 2 aliphatic rings. The number of alkyl halides is 3. The molecule has 2 aromatic rings. The van der Waals surface area contributed by atoms with Gasteiger partial charge >= 0.3 is 6.36 Å². The van der Waals surface area contributed by atoms with Crippen LogP contribution in [0.15, 0.2) is 66.0 Å². The number of ketones is 1. The number of likely N-dealkylation sites (tertiary alicyclic amines) is 1. The number of ether oxygens (including phenoxy) is 1. The summed E-state index contributed by atoms with van der Waals surface area (Å²) < 4.78 is 41.0. The summed E-state index contributed by atoms with van der Waals surface area (Å²) in [6.07, 6.45) is 0.768. The van der Waals surface area contributed by atoms with Crippen LogP contribution in [-0.2, 0) is 10.3 Å². The molecule has 5 nitrogen and oxygen atoms in total. The molecular formula is C27H29F3N2O3. The second-order valence-corrected chi connectivity index (χ2v) is 10.1. The fourth-order valence-electron chi connectivity index (χ4n) is 4.28. The van der Waals surface area contributed by atoms with Crippen molar-refractivity contribution in [3.63, 3.8) is 0 Å². The average Bonchev–Trinajstić information content (AvgIpc) is 3.21. The summed E-state index contributed by atoms with van der Waals surface area (Å²) >= 11 is 0. The molecule has 186 valence electrons. The summed E-state index contributed by atoms with van der Waals surface area (Å²) in [6.45, 7) is 7.84. The third kappa shape index (κ3) is 6.24. The number of carbonyl (C=O) groups is 1. The van der Waals surface area contributed by atoms with Gasteiger partial charge in [-0.3, -0.25) is 4.79 Å². The summed E-state index contributed by atoms with van der Waals surface area (Å²) in [4.78, 5) is 20.5. The zero-order valence-corrected chi connectivity index (χ0v) is 20.1. The van der Waals surface area contributed by atoms with E-state index in [4.69, 9.17) is 4.84 Å². The van der Waals surface area contributed by atoms with Gasteiger partial charge < -0.3 is 14.5 Å². The molecule has 2 aromatic carbocycles. The van der Waals surface area contributed by atoms with E-state index in [1.165, 1.54) is 17.7 Å². The van der Waals surface area contributed by atoms with Crippen LogP contribution in [-0.4, -0.2) is 41.4 Å². The number of nitrogens with zero attached hydrogens (tertiary/aromatic N) is 2. The lowest BCUT2D eigenvalue weighted by Gasteiger charge is -2.36. The fourth-order valence-corrected chi connectivity index (χ4v) is 4.28. The van der Waals surface area contributed by atoms with Gasteiger partial charge in [-0.1, -0.05) is 50.2 Å². The lowest BCUT2D eigenvalue weighted by atomic mass is 9.85. The first-order valence-corrected chi connectivity index (χ1v) is 11.6. The number of halogens is 3. The standard InChI is InChI=1S/C27H29F3N2O3/c1-25(2,3)21-8-4-20(5-9-21)24(33)12-15-32-16-13-26(14-17-32)18-23(31-35-26)19-6-10-22(11-7-19)34-27(28,29)30/h4-12,15H,13-14,16-18H2,1-3H3. The first-order chi connectivity index (χ1) is 16.4. The van der Waals surface area contributed by atoms with E-state index >= 15 is 0 Å². The topological polar surface area (TPSA) is 51.1 Å². The minimum Gasteiger partial charge on any atom is -0.406 e. The highest BCUT2D eigenvalue weighted by molar-refractivity contribution is 6.04. The van der Waals surface area contributed by atoms with Gasteiger partial charge in [0.15, 0.2) is 5.78 Å². The van der Waals surface area contributed by atoms with E-state index in [9.17, 15) is 18.0 Å². The van der Waals surface area contributed by atoms with Gasteiger partial charge in [0.05, 0.1) is 5.71 Å². The van der Waals surface area contributed by atoms with Gasteiger partial charge in [0.25, 0.3) is 0 Å². The van der Waals surface area contributed by atoms with E-state index in [2.05, 4.69) is 35.6 Å². The Kier molecular flexibility index (Phi) is 6.66. The van der Waals surface area contributed by atoms with Gasteiger partial charge in [-0.15, -0.1) is 13.2 Å². The molecule has 35 heavy (non-hydrogen) atoms. The zero-order chi connectivity index (χ0) is 25.3. The number of allylic oxidation sites excluding steroid dienone is 1. The Hall–Kier alpha value is -3.29. The molecule has 0 aliphatic carbocycles. The first-order valence-electron chi connectivity index (χ1n) is 11.6. The highest BCUT2D eigenvalue weighted by Crippen LogP contribution is 2.36. The maximum atomic E-state index is 12.6. The number of benzene rings is 2. The molecule has 8 heteroatoms. The highest BCUT2D eigenvalue weighted by Gasteiger charge is 2.42. The van der Waals surface area contributed by atoms with Crippen LogP contribution >= 0.6 is 0 Å². The molecule has 0 amide bonds. The Morgan fingerprint density at radius 1 is 1.03 bits per heavy atom. The second kappa shape index (κ2) is 9.40. The van der Waals surface area contributed by atoms with E-state index in [1.807, 2.05) is 30.5 Å². The monoisotopic (exact) mass is 486 g/mol. The summed E-state index contributed by atoms with van der Waals surface area (Å²) in [5, 5.41) is 4.21. The minimum atomic E-state index is -4.72. The molecule has 0 N–H and O–H groups in total. The summed E-state index contributed by atoms with van der Waals surface area (Å²) in [6, 6.07) is 13.4. The molecule has 1 fully saturated rings. The molecule has 0 saturated carbocycles. The SMILES string of the molecule is CC(C)(C)c1ccc(C(=O)C=CN2CCC3(CC2)CC(c2ccc(OC(F)(F)F)cc2)=NO3)cc1. The molecule has 4 rings (SSSR count). The quantitative estimate of drug-likeness (QED) is 0.371. The van der Waals surface area contributed by atoms with Gasteiger partial charge in [0, 0.05) is 50.2 Å². The largest absolute Gasteiger partial charge is 0.573 e. The van der Waals surface area contributed by atoms with Gasteiger partial charge in [0.1, 0.15) is 11.4 Å². The van der Waals surface area contributed by atoms with Crippen molar-refractivity contribution >= 4 is 11.5 Å². The number of rotatable bonds is 5. The van der Waals surface area contributed by atoms with Crippen molar-refractivity contribution in [3.05, 3.63) is 77.5 Å². The van der Waals surface area contributed by atoms with Crippen molar-refractivity contribution < 1.29 is 27.5 Å². The lowest BCUT2D eigenvalue weighted by Crippen LogP contribution is -2.42. The average molecular weight is 487 g/mol. The van der Waals surface area contributed by atoms with E-state index < -0.39 is 12.0 Å². The minimum absolute atomic E-state index is 0.0357. The van der Waals surface area contributed by atoms with E-state index in [0.29, 0.717) is 36.3 Å². The lowest BCUT2D eigenvalue weighted by molar-refractivity contribution is -0.274. The predicted molar refractivity (Wildman–Crippen MR) is 128 cm³/mol. The van der Waals surface area contributed by atoms with Crippen LogP contribution in [0, 0.1) is 0 Å². The maximum Gasteiger partial charge on any atom is 0.573 e. The second-order valence-electron chi connectivity index (χ2n) is 10.1. The summed E-state index contributed by atoms with van der Waals surface area (Å²) in [5.74, 6) is -0.304. The van der Waals surface area contributed by atoms with Gasteiger partial charge in [-0.2, -0.15) is 0 Å². The van der Waals surface area contributed by atoms with Crippen molar-refractivity contribution in [2.45, 2.75) is 57.4 Å². The Bertz CT molecular complexity index is 1110. The number of hydrogen-bond donors (Lipinski definition) is 0. The first kappa shape index (κ1) is 24.8. The van der Waals surface area contributed by atoms with Crippen LogP contribution in [0.3, 0.4) is 0 Å². The Balaban J connectivity index is 1.29. The van der Waals surface area contributed by atoms with Crippen molar-refractivity contribution in [1.82, 2.24) is 4.90 Å². The number of piperidine rings is 1. The van der Waals surface area contributed by atoms with Crippen LogP contribution < -0.4 is 4.74 Å². The number of hydrogen-bond acceptors (Lipinski definition) is 5. The van der Waals surface area contributed by atoms with Crippen LogP contribution in [0.2, 0.25) is 0 Å². The molecule has 0 atom stereocenters. The highest BCUT2D eigenvalue weighted by atomic mass is 19.4. The third-order valence-electron chi connectivity index (χ3n) is 6.44. The van der Waals surface area contributed by atoms with E-state index in [-0.39, 0.29) is 16.9 Å². The molecule has 1 spiro atoms. The Labute approximate surface area is 203 Å². The number of carbonyl (C=O) groups excluding carboxylic acids is 1. The molecule has 0 unspecified atom stereocenters. The van der Waals surface area contributed by atoms with E-state index in [0.717, 1.165) is 12.8 Å². The zero-order valence-electron chi connectivity index (χ0n) is 20.1. The van der Waals surface area contributed by atoms with Gasteiger partial charge in [0.2, 0.25) is 0 Å². The molecule has 2 heterocycles. The van der Waals surface area contributed by atoms with Crippen molar-refractivity contribution in [2.75, 3.05) is 13.1 Å². The fraction of sp³-hybridized carbons (Fsp3) is 0.407. The predicted octanol–water partition coefficient (Wildman–Crippen LogP) is 6.24. The molecule has 2 aliphatic heterocycles. The Morgan fingerprint density at radius 2 is 1.66 bits per heavy atom. The number of oxime groups is 1. The van der Waals surface area contributed by atoms with Crippen molar-refractivity contribution in [3.8, 4) is 5.75 Å². The molecular weight excluding hydrogens is 457 g/mol. The maximum absolute atomic E-state index is 12.6. The van der Waals surface area contributed by atoms with Crippen LogP contribution in [0.5, 0.6) is 5.75 Å². The van der Waals surface area contributed by atoms with Crippen LogP contribution in [0.4, 0.5) is 13.2 Å². The van der Waals surface area contributed by atoms with Gasteiger partial charge in [-0.05, 0) is 40.8 Å². The molecule has 0 bridgehead atoms. The van der Waals surface area contributed by atoms with Gasteiger partial charge in [-0.25, -0.2) is 0 Å². The molecule has 0 radical (unpaired) electrons. The van der Waals surface area contributed by atoms with Crippen LogP contribution in [0.25, 0.3) is 0 Å².